The lowest BCUT2D eigenvalue weighted by Gasteiger charge is -2.28. The molecule has 0 aromatic heterocycles. The molecule has 1 heterocycles. The highest BCUT2D eigenvalue weighted by Gasteiger charge is 2.50. The number of hydrogen-bond donors (Lipinski definition) is 2. The standard InChI is InChI=1S/C39H31NO8.C38H28O8/c1-45-40-23-35(47-38(43)32-18-15-26-9-3-6-12-29(26)21-32)36(48-39(44)33-19-16-27-10-4-7-13-30(27)22-33)34(41)24-46-37(42)31-17-14-25-8-2-5-11-28(25)20-31;39-35(29-16-13-23-7-1-4-10-26(23)19-29)43-22-32-33(45-36(40)30-17-14-24-8-2-5-11-27(24)20-30)34(38(42)44-32)46-37(41)31-18-15-25-9-3-6-12-28(25)21-31/h2-23,34-36,41H,24H2,1H3;1-21,32-34,38,42H,22H2/b40-23+;/t34-,35-,36-;32-,33-,34+,38?/m00/s1. The summed E-state index contributed by atoms with van der Waals surface area (Å²) in [5, 5.41) is 36.7. The van der Waals surface area contributed by atoms with Crippen molar-refractivity contribution in [3.05, 3.63) is 288 Å². The smallest absolute Gasteiger partial charge is 0.338 e. The van der Waals surface area contributed by atoms with Crippen LogP contribution in [-0.2, 0) is 38.0 Å². The Morgan fingerprint density at radius 1 is 0.404 bits per heavy atom. The molecule has 0 radical (unpaired) electrons. The molecule has 13 rings (SSSR count). The molecule has 1 fully saturated rings. The van der Waals surface area contributed by atoms with E-state index < -0.39 is 85.3 Å². The van der Waals surface area contributed by atoms with Crippen molar-refractivity contribution in [2.45, 2.75) is 42.9 Å². The highest BCUT2D eigenvalue weighted by atomic mass is 16.7. The van der Waals surface area contributed by atoms with Gasteiger partial charge in [0.15, 0.2) is 30.7 Å². The number of carbonyl (C=O) groups is 6. The minimum atomic E-state index is -1.65. The van der Waals surface area contributed by atoms with Gasteiger partial charge in [-0.1, -0.05) is 187 Å². The molecule has 1 aliphatic heterocycles. The minimum Gasteiger partial charge on any atom is -0.459 e. The van der Waals surface area contributed by atoms with E-state index in [4.69, 9.17) is 38.0 Å². The van der Waals surface area contributed by atoms with Gasteiger partial charge in [0.25, 0.3) is 0 Å². The van der Waals surface area contributed by atoms with Crippen molar-refractivity contribution < 1.29 is 77.0 Å². The molecule has 468 valence electrons. The highest BCUT2D eigenvalue weighted by molar-refractivity contribution is 6.00. The topological polar surface area (TPSA) is 229 Å². The van der Waals surface area contributed by atoms with Crippen molar-refractivity contribution in [1.82, 2.24) is 0 Å². The van der Waals surface area contributed by atoms with Gasteiger partial charge < -0.3 is 48.2 Å². The van der Waals surface area contributed by atoms with E-state index in [0.717, 1.165) is 70.8 Å². The Labute approximate surface area is 537 Å². The Morgan fingerprint density at radius 2 is 0.713 bits per heavy atom. The maximum absolute atomic E-state index is 13.5. The van der Waals surface area contributed by atoms with Crippen molar-refractivity contribution in [3.8, 4) is 0 Å². The zero-order valence-corrected chi connectivity index (χ0v) is 50.3. The third kappa shape index (κ3) is 14.6. The van der Waals surface area contributed by atoms with Gasteiger partial charge in [0.1, 0.15) is 32.5 Å². The van der Waals surface area contributed by atoms with Crippen LogP contribution in [0.1, 0.15) is 62.1 Å². The number of hydrogen-bond acceptors (Lipinski definition) is 17. The van der Waals surface area contributed by atoms with Crippen molar-refractivity contribution >= 4 is 107 Å². The van der Waals surface area contributed by atoms with E-state index in [-0.39, 0.29) is 34.4 Å². The molecule has 1 aliphatic rings. The van der Waals surface area contributed by atoms with Crippen LogP contribution in [0.3, 0.4) is 0 Å². The first-order chi connectivity index (χ1) is 45.8. The van der Waals surface area contributed by atoms with Crippen molar-refractivity contribution in [3.63, 3.8) is 0 Å². The van der Waals surface area contributed by atoms with Crippen LogP contribution in [0.2, 0.25) is 0 Å². The number of ether oxygens (including phenoxy) is 7. The van der Waals surface area contributed by atoms with Crippen LogP contribution in [0.25, 0.3) is 64.6 Å². The van der Waals surface area contributed by atoms with Crippen molar-refractivity contribution in [2.75, 3.05) is 20.3 Å². The lowest BCUT2D eigenvalue weighted by Crippen LogP contribution is -2.46. The molecule has 17 nitrogen and oxygen atoms in total. The fraction of sp³-hybridized carbons (Fsp3) is 0.130. The summed E-state index contributed by atoms with van der Waals surface area (Å²) in [6.07, 6.45) is -9.00. The summed E-state index contributed by atoms with van der Waals surface area (Å²) in [7, 11) is 1.29. The molecule has 0 amide bonds. The Balaban J connectivity index is 0.000000181. The van der Waals surface area contributed by atoms with Crippen LogP contribution in [0.15, 0.2) is 260 Å². The van der Waals surface area contributed by atoms with E-state index in [9.17, 15) is 39.0 Å². The molecular formula is C77H59NO16. The molecule has 0 aliphatic carbocycles. The maximum atomic E-state index is 13.5. The minimum absolute atomic E-state index is 0.197. The van der Waals surface area contributed by atoms with Crippen LogP contribution in [0.4, 0.5) is 0 Å². The van der Waals surface area contributed by atoms with Gasteiger partial charge in [-0.3, -0.25) is 0 Å². The largest absolute Gasteiger partial charge is 0.459 e. The van der Waals surface area contributed by atoms with Crippen LogP contribution in [0.5, 0.6) is 0 Å². The SMILES string of the molecule is CO/N=C/[C@H](OC(=O)c1ccc2ccccc2c1)[C@@H](OC(=O)c1ccc2ccccc2c1)[C@@H](O)COC(=O)c1ccc2ccccc2c1.O=C(OC[C@@H]1OC(O)[C@H](OC(=O)c2ccc3ccccc3c2)[C@H]1OC(=O)c1ccc2ccccc2c1)c1ccc2ccccc2c1. The number of rotatable bonds is 18. The predicted octanol–water partition coefficient (Wildman–Crippen LogP) is 13.2. The molecule has 0 saturated carbocycles. The molecule has 0 spiro atoms. The Morgan fingerprint density at radius 3 is 1.07 bits per heavy atom. The number of fused-ring (bicyclic) bond motifs is 6. The van der Waals surface area contributed by atoms with Crippen molar-refractivity contribution in [1.29, 1.82) is 0 Å². The number of aliphatic hydroxyl groups is 2. The summed E-state index contributed by atoms with van der Waals surface area (Å²) < 4.78 is 39.9. The molecule has 12 aromatic rings. The molecule has 94 heavy (non-hydrogen) atoms. The zero-order valence-electron chi connectivity index (χ0n) is 50.3. The third-order valence-corrected chi connectivity index (χ3v) is 15.9. The Bertz CT molecular complexity index is 4850. The first-order valence-corrected chi connectivity index (χ1v) is 30.0. The van der Waals surface area contributed by atoms with E-state index in [2.05, 4.69) is 5.16 Å². The van der Waals surface area contributed by atoms with E-state index >= 15 is 0 Å². The van der Waals surface area contributed by atoms with Gasteiger partial charge in [-0.05, 0) is 137 Å². The molecular weight excluding hydrogens is 1190 g/mol. The van der Waals surface area contributed by atoms with E-state index in [0.29, 0.717) is 5.56 Å². The molecule has 2 N–H and O–H groups in total. The molecule has 0 bridgehead atoms. The van der Waals surface area contributed by atoms with Gasteiger partial charge in [0, 0.05) is 0 Å². The highest BCUT2D eigenvalue weighted by Crippen LogP contribution is 2.31. The summed E-state index contributed by atoms with van der Waals surface area (Å²) in [4.78, 5) is 84.5. The van der Waals surface area contributed by atoms with Gasteiger partial charge in [-0.15, -0.1) is 0 Å². The number of aliphatic hydroxyl groups excluding tert-OH is 2. The molecule has 17 heteroatoms. The maximum Gasteiger partial charge on any atom is 0.338 e. The summed E-state index contributed by atoms with van der Waals surface area (Å²) >= 11 is 0. The van der Waals surface area contributed by atoms with Gasteiger partial charge >= 0.3 is 35.8 Å². The fourth-order valence-electron chi connectivity index (χ4n) is 11.0. The van der Waals surface area contributed by atoms with E-state index in [1.807, 2.05) is 152 Å². The van der Waals surface area contributed by atoms with Gasteiger partial charge in [0.2, 0.25) is 0 Å². The average molecular weight is 1250 g/mol. The lowest BCUT2D eigenvalue weighted by atomic mass is 10.1. The predicted molar refractivity (Wildman–Crippen MR) is 353 cm³/mol. The summed E-state index contributed by atoms with van der Waals surface area (Å²) in [5.74, 6) is -4.34. The van der Waals surface area contributed by atoms with Gasteiger partial charge in [-0.2, -0.15) is 0 Å². The summed E-state index contributed by atoms with van der Waals surface area (Å²) in [6, 6.07) is 75.8. The average Bonchev–Trinajstić information content (AvgIpc) is 1.59. The molecule has 1 saturated heterocycles. The number of carbonyl (C=O) groups excluding carboxylic acids is 6. The van der Waals surface area contributed by atoms with Crippen LogP contribution >= 0.6 is 0 Å². The normalized spacial score (nSPS) is 16.2. The zero-order chi connectivity index (χ0) is 65.1. The van der Waals surface area contributed by atoms with Crippen LogP contribution in [0, 0.1) is 0 Å². The second-order valence-corrected chi connectivity index (χ2v) is 22.1. The quantitative estimate of drug-likeness (QED) is 0.0352. The number of nitrogens with zero attached hydrogens (tertiary/aromatic N) is 1. The Hall–Kier alpha value is -11.6. The monoisotopic (exact) mass is 1250 g/mol. The van der Waals surface area contributed by atoms with E-state index in [1.165, 1.54) is 7.11 Å². The second kappa shape index (κ2) is 28.7. The Kier molecular flexibility index (Phi) is 19.1. The second-order valence-electron chi connectivity index (χ2n) is 22.1. The van der Waals surface area contributed by atoms with Gasteiger partial charge in [-0.25, -0.2) is 28.8 Å². The van der Waals surface area contributed by atoms with Crippen molar-refractivity contribution in [2.24, 2.45) is 5.16 Å². The fourth-order valence-corrected chi connectivity index (χ4v) is 11.0. The van der Waals surface area contributed by atoms with E-state index in [1.54, 1.807) is 103 Å². The molecule has 12 aromatic carbocycles. The lowest BCUT2D eigenvalue weighted by molar-refractivity contribution is -0.135. The number of oxime groups is 1. The summed E-state index contributed by atoms with van der Waals surface area (Å²) in [5.41, 5.74) is 1.51. The molecule has 1 unspecified atom stereocenters. The first-order valence-electron chi connectivity index (χ1n) is 30.0. The number of esters is 6. The molecule has 7 atom stereocenters. The van der Waals surface area contributed by atoms with Crippen LogP contribution < -0.4 is 0 Å². The first kappa shape index (κ1) is 62.6. The summed E-state index contributed by atoms with van der Waals surface area (Å²) in [6.45, 7) is -0.964. The van der Waals surface area contributed by atoms with Gasteiger partial charge in [0.05, 0.1) is 39.6 Å². The third-order valence-electron chi connectivity index (χ3n) is 15.9. The number of benzene rings is 12. The van der Waals surface area contributed by atoms with Crippen LogP contribution in [-0.4, -0.2) is 115 Å².